The molecular weight excluding hydrogens is 372 g/mol. The van der Waals surface area contributed by atoms with Crippen LogP contribution in [0.15, 0.2) is 30.3 Å². The van der Waals surface area contributed by atoms with Gasteiger partial charge < -0.3 is 16.4 Å². The van der Waals surface area contributed by atoms with Gasteiger partial charge in [0.15, 0.2) is 5.82 Å². The van der Waals surface area contributed by atoms with E-state index in [1.165, 1.54) is 0 Å². The number of likely N-dealkylation sites (N-methyl/N-ethyl adjacent to an activating group) is 1. The molecule has 0 aliphatic carbocycles. The molecule has 1 aromatic carbocycles. The summed E-state index contributed by atoms with van der Waals surface area (Å²) in [5.41, 5.74) is 15.5. The van der Waals surface area contributed by atoms with Crippen molar-refractivity contribution in [3.63, 3.8) is 0 Å². The molecule has 2 heterocycles. The Morgan fingerprint density at radius 1 is 1.07 bits per heavy atom. The fourth-order valence-electron chi connectivity index (χ4n) is 3.25. The molecule has 28 heavy (non-hydrogen) atoms. The van der Waals surface area contributed by atoms with Crippen LogP contribution in [-0.2, 0) is 6.54 Å². The van der Waals surface area contributed by atoms with Crippen molar-refractivity contribution in [3.05, 3.63) is 47.2 Å². The van der Waals surface area contributed by atoms with E-state index >= 15 is 0 Å². The van der Waals surface area contributed by atoms with Crippen LogP contribution in [0.3, 0.4) is 0 Å². The number of anilines is 1. The van der Waals surface area contributed by atoms with Gasteiger partial charge in [0.2, 0.25) is 0 Å². The Morgan fingerprint density at radius 2 is 1.68 bits per heavy atom. The Morgan fingerprint density at radius 3 is 2.29 bits per heavy atom. The molecule has 0 radical (unpaired) electrons. The Kier molecular flexibility index (Phi) is 8.35. The lowest BCUT2D eigenvalue weighted by Gasteiger charge is -2.32. The van der Waals surface area contributed by atoms with Gasteiger partial charge in [0.05, 0.1) is 22.8 Å². The molecule has 0 bridgehead atoms. The maximum atomic E-state index is 6.59. The van der Waals surface area contributed by atoms with E-state index in [2.05, 4.69) is 21.9 Å². The van der Waals surface area contributed by atoms with E-state index in [1.807, 2.05) is 55.8 Å². The maximum absolute atomic E-state index is 6.59. The minimum absolute atomic E-state index is 0.421. The van der Waals surface area contributed by atoms with Crippen molar-refractivity contribution in [1.29, 1.82) is 0 Å². The van der Waals surface area contributed by atoms with Crippen molar-refractivity contribution in [3.8, 4) is 0 Å². The molecule has 7 heteroatoms. The van der Waals surface area contributed by atoms with Crippen molar-refractivity contribution in [2.75, 3.05) is 45.5 Å². The molecule has 1 aliphatic heterocycles. The topological polar surface area (TPSA) is 76.3 Å². The molecule has 154 valence electrons. The van der Waals surface area contributed by atoms with Crippen molar-refractivity contribution in [2.45, 2.75) is 27.3 Å². The van der Waals surface area contributed by atoms with Gasteiger partial charge in [0, 0.05) is 38.4 Å². The van der Waals surface area contributed by atoms with Crippen molar-refractivity contribution in [2.24, 2.45) is 5.73 Å². The Balaban J connectivity index is 0.00000136. The highest BCUT2D eigenvalue weighted by Crippen LogP contribution is 2.32. The number of hydrogen-bond donors (Lipinski definition) is 2. The van der Waals surface area contributed by atoms with E-state index in [9.17, 15) is 0 Å². The van der Waals surface area contributed by atoms with E-state index in [0.29, 0.717) is 16.5 Å². The number of halogens is 1. The van der Waals surface area contributed by atoms with Crippen LogP contribution in [0.25, 0.3) is 10.7 Å². The van der Waals surface area contributed by atoms with E-state index in [1.54, 1.807) is 0 Å². The second-order valence-electron chi connectivity index (χ2n) is 6.81. The minimum atomic E-state index is 0.421. The van der Waals surface area contributed by atoms with Gasteiger partial charge in [-0.05, 0) is 19.5 Å². The summed E-state index contributed by atoms with van der Waals surface area (Å²) in [5, 5.41) is 4.95. The third kappa shape index (κ3) is 5.28. The number of aromatic nitrogens is 2. The van der Waals surface area contributed by atoms with Gasteiger partial charge in [-0.25, -0.2) is 0 Å². The van der Waals surface area contributed by atoms with Gasteiger partial charge in [-0.2, -0.15) is 5.10 Å². The number of nitrogen functional groups attached to an aromatic ring is 1. The minimum Gasteiger partial charge on any atom is -0.397 e. The predicted molar refractivity (Wildman–Crippen MR) is 120 cm³/mol. The Bertz CT molecular complexity index is 776. The molecule has 0 spiro atoms. The van der Waals surface area contributed by atoms with Gasteiger partial charge in [0.25, 0.3) is 0 Å². The van der Waals surface area contributed by atoms with E-state index in [-0.39, 0.29) is 0 Å². The molecule has 1 saturated heterocycles. The largest absolute Gasteiger partial charge is 0.397 e. The number of piperazine rings is 1. The molecular formula is C21H33ClN6. The summed E-state index contributed by atoms with van der Waals surface area (Å²) in [7, 11) is 2.16. The molecule has 6 nitrogen and oxygen atoms in total. The first kappa shape index (κ1) is 22.3. The number of rotatable bonds is 5. The smallest absolute Gasteiger partial charge is 0.154 e. The fourth-order valence-corrected chi connectivity index (χ4v) is 3.59. The van der Waals surface area contributed by atoms with Gasteiger partial charge in [-0.1, -0.05) is 55.8 Å². The average molecular weight is 405 g/mol. The Hall–Kier alpha value is -2.02. The predicted octanol–water partition coefficient (Wildman–Crippen LogP) is 3.07. The first-order valence-corrected chi connectivity index (χ1v) is 10.3. The van der Waals surface area contributed by atoms with Crippen LogP contribution >= 0.6 is 11.6 Å². The van der Waals surface area contributed by atoms with Crippen LogP contribution in [0.4, 0.5) is 5.82 Å². The summed E-state index contributed by atoms with van der Waals surface area (Å²) < 4.78 is 1.93. The van der Waals surface area contributed by atoms with Crippen molar-refractivity contribution in [1.82, 2.24) is 19.6 Å². The Labute approximate surface area is 173 Å². The van der Waals surface area contributed by atoms with Gasteiger partial charge in [-0.15, -0.1) is 0 Å². The summed E-state index contributed by atoms with van der Waals surface area (Å²) in [6.07, 6.45) is 0. The number of nitrogens with zero attached hydrogens (tertiary/aromatic N) is 4. The molecule has 3 rings (SSSR count). The fraction of sp³-hybridized carbons (Fsp3) is 0.476. The van der Waals surface area contributed by atoms with Crippen LogP contribution in [0.2, 0.25) is 0 Å². The van der Waals surface area contributed by atoms with E-state index < -0.39 is 0 Å². The van der Waals surface area contributed by atoms with Crippen LogP contribution in [0.5, 0.6) is 0 Å². The highest BCUT2D eigenvalue weighted by atomic mass is 35.5. The van der Waals surface area contributed by atoms with Gasteiger partial charge >= 0.3 is 0 Å². The zero-order valence-corrected chi connectivity index (χ0v) is 18.2. The molecule has 2 aromatic rings. The van der Waals surface area contributed by atoms with E-state index in [4.69, 9.17) is 23.1 Å². The summed E-state index contributed by atoms with van der Waals surface area (Å²) in [6.45, 7) is 12.1. The molecule has 1 fully saturated rings. The molecule has 0 unspecified atom stereocenters. The first-order valence-electron chi connectivity index (χ1n) is 9.92. The summed E-state index contributed by atoms with van der Waals surface area (Å²) >= 11 is 6.59. The second kappa shape index (κ2) is 10.5. The lowest BCUT2D eigenvalue weighted by Crippen LogP contribution is -2.45. The van der Waals surface area contributed by atoms with Crippen LogP contribution in [-0.4, -0.2) is 59.4 Å². The number of nitrogens with two attached hydrogens (primary N) is 2. The zero-order chi connectivity index (χ0) is 20.7. The lowest BCUT2D eigenvalue weighted by atomic mass is 10.1. The third-order valence-electron chi connectivity index (χ3n) is 5.00. The second-order valence-corrected chi connectivity index (χ2v) is 7.19. The quantitative estimate of drug-likeness (QED) is 0.800. The summed E-state index contributed by atoms with van der Waals surface area (Å²) in [5.74, 6) is 0.421. The normalized spacial score (nSPS) is 16.3. The standard InChI is InChI=1S/C19H27ClN6.C2H6/c1-14-16(17(20)18(21)15-6-4-3-5-7-15)19(22)23-26(14)13-12-25-10-8-24(2)9-11-25;1-2/h3-7H,8-13,21H2,1-2H3,(H2,22,23);1-2H3/b18-17+;. The number of hydrogen-bond acceptors (Lipinski definition) is 5. The molecule has 0 amide bonds. The molecule has 4 N–H and O–H groups in total. The first-order chi connectivity index (χ1) is 13.5. The van der Waals surface area contributed by atoms with E-state index in [0.717, 1.165) is 56.1 Å². The maximum Gasteiger partial charge on any atom is 0.154 e. The van der Waals surface area contributed by atoms with Crippen LogP contribution in [0.1, 0.15) is 30.7 Å². The highest BCUT2D eigenvalue weighted by Gasteiger charge is 2.19. The third-order valence-corrected chi connectivity index (χ3v) is 5.39. The van der Waals surface area contributed by atoms with Gasteiger partial charge in [0.1, 0.15) is 0 Å². The number of benzene rings is 1. The monoisotopic (exact) mass is 404 g/mol. The molecule has 0 atom stereocenters. The molecule has 1 aromatic heterocycles. The van der Waals surface area contributed by atoms with Crippen molar-refractivity contribution >= 4 is 28.1 Å². The van der Waals surface area contributed by atoms with Crippen LogP contribution < -0.4 is 11.5 Å². The zero-order valence-electron chi connectivity index (χ0n) is 17.5. The van der Waals surface area contributed by atoms with Crippen LogP contribution in [0, 0.1) is 6.92 Å². The summed E-state index contributed by atoms with van der Waals surface area (Å²) in [6, 6.07) is 9.67. The molecule has 0 saturated carbocycles. The SMILES string of the molecule is CC.Cc1c(/C(Cl)=C(\N)c2ccccc2)c(N)nn1CCN1CCN(C)CC1. The van der Waals surface area contributed by atoms with Crippen molar-refractivity contribution < 1.29 is 0 Å². The highest BCUT2D eigenvalue weighted by molar-refractivity contribution is 6.53. The van der Waals surface area contributed by atoms with Gasteiger partial charge in [-0.3, -0.25) is 9.58 Å². The lowest BCUT2D eigenvalue weighted by molar-refractivity contribution is 0.148. The summed E-state index contributed by atoms with van der Waals surface area (Å²) in [4.78, 5) is 4.80. The average Bonchev–Trinajstić information content (AvgIpc) is 3.02. The molecule has 1 aliphatic rings.